The van der Waals surface area contributed by atoms with Crippen LogP contribution in [0.3, 0.4) is 0 Å². The molecule has 9 heteroatoms. The molecule has 0 saturated carbocycles. The molecule has 1 aliphatic rings. The number of furan rings is 1. The number of nitrogens with zero attached hydrogens (tertiary/aromatic N) is 6. The quantitative estimate of drug-likeness (QED) is 0.411. The second kappa shape index (κ2) is 9.64. The number of benzene rings is 2. The fraction of sp³-hybridized carbons (Fsp3) is 0.292. The average molecular weight is 465 g/mol. The molecule has 0 spiro atoms. The Labute approximate surface area is 197 Å². The monoisotopic (exact) mass is 464 g/mol. The van der Waals surface area contributed by atoms with E-state index in [1.54, 1.807) is 13.4 Å². The van der Waals surface area contributed by atoms with Gasteiger partial charge in [0.15, 0.2) is 5.82 Å². The number of methoxy groups -OCH3 is 1. The van der Waals surface area contributed by atoms with Gasteiger partial charge in [-0.15, -0.1) is 5.10 Å². The lowest BCUT2D eigenvalue weighted by Crippen LogP contribution is -2.48. The summed E-state index contributed by atoms with van der Waals surface area (Å²) in [5, 5.41) is 13.4. The van der Waals surface area contributed by atoms with E-state index in [-0.39, 0.29) is 6.04 Å². The van der Waals surface area contributed by atoms with Gasteiger partial charge >= 0.3 is 0 Å². The molecule has 0 bridgehead atoms. The van der Waals surface area contributed by atoms with Crippen LogP contribution in [0.2, 0.25) is 5.02 Å². The Hall–Kier alpha value is -3.36. The first-order valence-corrected chi connectivity index (χ1v) is 11.3. The van der Waals surface area contributed by atoms with Gasteiger partial charge in [0.05, 0.1) is 19.4 Å². The third-order valence-corrected chi connectivity index (χ3v) is 6.24. The van der Waals surface area contributed by atoms with E-state index >= 15 is 0 Å². The van der Waals surface area contributed by atoms with Crippen molar-refractivity contribution in [3.05, 3.63) is 89.1 Å². The lowest BCUT2D eigenvalue weighted by Gasteiger charge is -2.40. The van der Waals surface area contributed by atoms with Crippen molar-refractivity contribution in [1.82, 2.24) is 25.1 Å². The molecular weight excluding hydrogens is 440 g/mol. The first kappa shape index (κ1) is 21.5. The van der Waals surface area contributed by atoms with Crippen LogP contribution in [0.5, 0.6) is 5.75 Å². The summed E-state index contributed by atoms with van der Waals surface area (Å²) in [4.78, 5) is 4.81. The van der Waals surface area contributed by atoms with E-state index in [1.807, 2.05) is 41.1 Å². The van der Waals surface area contributed by atoms with Crippen LogP contribution in [0, 0.1) is 0 Å². The van der Waals surface area contributed by atoms with Crippen LogP contribution in [0.1, 0.15) is 23.2 Å². The number of halogens is 1. The highest BCUT2D eigenvalue weighted by Gasteiger charge is 2.31. The number of tetrazole rings is 1. The maximum absolute atomic E-state index is 6.17. The smallest absolute Gasteiger partial charge is 0.173 e. The second-order valence-electron chi connectivity index (χ2n) is 7.95. The van der Waals surface area contributed by atoms with Gasteiger partial charge < -0.3 is 14.1 Å². The Kier molecular flexibility index (Phi) is 6.28. The van der Waals surface area contributed by atoms with Crippen LogP contribution in [0.25, 0.3) is 0 Å². The van der Waals surface area contributed by atoms with Gasteiger partial charge in [-0.3, -0.25) is 4.90 Å². The molecule has 33 heavy (non-hydrogen) atoms. The second-order valence-corrected chi connectivity index (χ2v) is 8.39. The van der Waals surface area contributed by atoms with Crippen molar-refractivity contribution in [1.29, 1.82) is 0 Å². The molecule has 1 fully saturated rings. The molecule has 4 aromatic rings. The average Bonchev–Trinajstić information content (AvgIpc) is 3.54. The number of aromatic nitrogens is 4. The number of ether oxygens (including phenoxy) is 1. The Balaban J connectivity index is 1.39. The minimum absolute atomic E-state index is 0.0924. The van der Waals surface area contributed by atoms with E-state index in [1.165, 1.54) is 5.69 Å². The summed E-state index contributed by atoms with van der Waals surface area (Å²) >= 11 is 6.17. The summed E-state index contributed by atoms with van der Waals surface area (Å²) in [5.74, 6) is 2.46. The van der Waals surface area contributed by atoms with E-state index in [2.05, 4.69) is 49.6 Å². The van der Waals surface area contributed by atoms with E-state index in [4.69, 9.17) is 20.8 Å². The van der Waals surface area contributed by atoms with Gasteiger partial charge in [-0.25, -0.2) is 4.68 Å². The predicted molar refractivity (Wildman–Crippen MR) is 126 cm³/mol. The van der Waals surface area contributed by atoms with Crippen molar-refractivity contribution in [2.24, 2.45) is 0 Å². The van der Waals surface area contributed by atoms with E-state index in [9.17, 15) is 0 Å². The zero-order valence-corrected chi connectivity index (χ0v) is 19.1. The highest BCUT2D eigenvalue weighted by molar-refractivity contribution is 6.30. The molecule has 8 nitrogen and oxygen atoms in total. The molecule has 170 valence electrons. The summed E-state index contributed by atoms with van der Waals surface area (Å²) in [6.45, 7) is 4.01. The Bertz CT molecular complexity index is 1150. The Morgan fingerprint density at radius 3 is 2.42 bits per heavy atom. The van der Waals surface area contributed by atoms with Gasteiger partial charge in [-0.2, -0.15) is 0 Å². The highest BCUT2D eigenvalue weighted by atomic mass is 35.5. The van der Waals surface area contributed by atoms with E-state index in [0.717, 1.165) is 49.1 Å². The molecule has 0 N–H and O–H groups in total. The highest BCUT2D eigenvalue weighted by Crippen LogP contribution is 2.30. The summed E-state index contributed by atoms with van der Waals surface area (Å²) in [5.41, 5.74) is 2.30. The van der Waals surface area contributed by atoms with Crippen LogP contribution in [0.15, 0.2) is 71.3 Å². The Morgan fingerprint density at radius 2 is 1.76 bits per heavy atom. The van der Waals surface area contributed by atoms with Crippen LogP contribution in [-0.4, -0.2) is 58.4 Å². The SMILES string of the molecule is COc1ccc(N2CCN([C@@H](c3ccc(Cl)cc3)c3nnnn3Cc3ccco3)CC2)cc1. The number of rotatable bonds is 7. The van der Waals surface area contributed by atoms with Gasteiger partial charge in [0, 0.05) is 36.9 Å². The summed E-state index contributed by atoms with van der Waals surface area (Å²) < 4.78 is 12.6. The van der Waals surface area contributed by atoms with Crippen molar-refractivity contribution in [2.45, 2.75) is 12.6 Å². The summed E-state index contributed by atoms with van der Waals surface area (Å²) in [6, 6.07) is 19.8. The topological polar surface area (TPSA) is 72.5 Å². The molecule has 1 aliphatic heterocycles. The van der Waals surface area contributed by atoms with Crippen LogP contribution < -0.4 is 9.64 Å². The molecule has 0 radical (unpaired) electrons. The van der Waals surface area contributed by atoms with Crippen molar-refractivity contribution in [3.63, 3.8) is 0 Å². The zero-order valence-electron chi connectivity index (χ0n) is 18.3. The first-order chi connectivity index (χ1) is 16.2. The third kappa shape index (κ3) is 4.72. The normalized spacial score (nSPS) is 15.5. The molecule has 3 heterocycles. The largest absolute Gasteiger partial charge is 0.497 e. The minimum Gasteiger partial charge on any atom is -0.497 e. The van der Waals surface area contributed by atoms with Crippen LogP contribution in [0.4, 0.5) is 5.69 Å². The molecule has 0 amide bonds. The summed E-state index contributed by atoms with van der Waals surface area (Å²) in [7, 11) is 1.68. The first-order valence-electron chi connectivity index (χ1n) is 10.9. The van der Waals surface area contributed by atoms with Crippen molar-refractivity contribution in [3.8, 4) is 5.75 Å². The van der Waals surface area contributed by atoms with Gasteiger partial charge in [-0.1, -0.05) is 23.7 Å². The van der Waals surface area contributed by atoms with Crippen LogP contribution >= 0.6 is 11.6 Å². The van der Waals surface area contributed by atoms with Gasteiger partial charge in [-0.05, 0) is 64.5 Å². The van der Waals surface area contributed by atoms with Crippen molar-refractivity contribution in [2.75, 3.05) is 38.2 Å². The molecular formula is C24H25ClN6O2. The molecule has 1 atom stereocenters. The van der Waals surface area contributed by atoms with E-state index < -0.39 is 0 Å². The van der Waals surface area contributed by atoms with Gasteiger partial charge in [0.1, 0.15) is 18.1 Å². The maximum atomic E-state index is 6.17. The number of anilines is 1. The lowest BCUT2D eigenvalue weighted by atomic mass is 10.0. The van der Waals surface area contributed by atoms with Crippen molar-refractivity contribution >= 4 is 17.3 Å². The molecule has 1 saturated heterocycles. The standard InChI is InChI=1S/C24H25ClN6O2/c1-32-21-10-8-20(9-11-21)29-12-14-30(15-13-29)23(18-4-6-19(25)7-5-18)24-26-27-28-31(24)17-22-3-2-16-33-22/h2-11,16,23H,12-15,17H2,1H3/t23-/m0/s1. The Morgan fingerprint density at radius 1 is 1.00 bits per heavy atom. The number of hydrogen-bond acceptors (Lipinski definition) is 7. The zero-order chi connectivity index (χ0) is 22.6. The molecule has 0 aliphatic carbocycles. The minimum atomic E-state index is -0.0924. The van der Waals surface area contributed by atoms with Gasteiger partial charge in [0.25, 0.3) is 0 Å². The fourth-order valence-electron chi connectivity index (χ4n) is 4.27. The lowest BCUT2D eigenvalue weighted by molar-refractivity contribution is 0.201. The van der Waals surface area contributed by atoms with E-state index in [0.29, 0.717) is 11.6 Å². The predicted octanol–water partition coefficient (Wildman–Crippen LogP) is 3.89. The maximum Gasteiger partial charge on any atom is 0.173 e. The molecule has 0 unspecified atom stereocenters. The fourth-order valence-corrected chi connectivity index (χ4v) is 4.40. The van der Waals surface area contributed by atoms with Crippen LogP contribution in [-0.2, 0) is 6.54 Å². The number of hydrogen-bond donors (Lipinski definition) is 0. The molecule has 5 rings (SSSR count). The third-order valence-electron chi connectivity index (χ3n) is 5.99. The van der Waals surface area contributed by atoms with Gasteiger partial charge in [0.2, 0.25) is 0 Å². The summed E-state index contributed by atoms with van der Waals surface area (Å²) in [6.07, 6.45) is 1.66. The number of piperazine rings is 1. The molecule has 2 aromatic carbocycles. The molecule has 2 aromatic heterocycles. The van der Waals surface area contributed by atoms with Crippen molar-refractivity contribution < 1.29 is 9.15 Å².